The third kappa shape index (κ3) is 8.18. The highest BCUT2D eigenvalue weighted by molar-refractivity contribution is 14.0. The maximum Gasteiger partial charge on any atom is 0.191 e. The number of nitrogens with zero attached hydrogens (tertiary/aromatic N) is 3. The summed E-state index contributed by atoms with van der Waals surface area (Å²) in [4.78, 5) is 11.5. The second-order valence-electron chi connectivity index (χ2n) is 6.88. The summed E-state index contributed by atoms with van der Waals surface area (Å²) in [5.41, 5.74) is 1.08. The highest BCUT2D eigenvalue weighted by atomic mass is 127. The zero-order valence-corrected chi connectivity index (χ0v) is 19.4. The molecule has 0 saturated carbocycles. The summed E-state index contributed by atoms with van der Waals surface area (Å²) >= 11 is 0. The molecule has 154 valence electrons. The molecule has 2 N–H and O–H groups in total. The second-order valence-corrected chi connectivity index (χ2v) is 6.88. The van der Waals surface area contributed by atoms with Crippen LogP contribution in [0, 0.1) is 0 Å². The van der Waals surface area contributed by atoms with Gasteiger partial charge >= 0.3 is 0 Å². The predicted molar refractivity (Wildman–Crippen MR) is 121 cm³/mol. The molecule has 2 heterocycles. The number of halogens is 1. The second kappa shape index (κ2) is 12.4. The van der Waals surface area contributed by atoms with Crippen LogP contribution < -0.4 is 15.5 Å². The van der Waals surface area contributed by atoms with Gasteiger partial charge in [-0.05, 0) is 39.3 Å². The first-order chi connectivity index (χ1) is 12.5. The minimum atomic E-state index is 0. The normalized spacial score (nSPS) is 21.4. The molecular weight excluding hydrogens is 457 g/mol. The van der Waals surface area contributed by atoms with E-state index in [9.17, 15) is 0 Å². The first-order valence-corrected chi connectivity index (χ1v) is 9.41. The Balaban J connectivity index is 0.00000364. The molecule has 0 radical (unpaired) electrons. The first kappa shape index (κ1) is 23.9. The number of aromatic nitrogens is 1. The van der Waals surface area contributed by atoms with E-state index in [1.807, 2.05) is 6.20 Å². The van der Waals surface area contributed by atoms with E-state index in [4.69, 9.17) is 9.47 Å². The van der Waals surface area contributed by atoms with E-state index in [1.54, 1.807) is 7.11 Å². The number of rotatable bonds is 7. The van der Waals surface area contributed by atoms with Gasteiger partial charge in [0.15, 0.2) is 5.96 Å². The Morgan fingerprint density at radius 3 is 2.63 bits per heavy atom. The first-order valence-electron chi connectivity index (χ1n) is 9.41. The lowest BCUT2D eigenvalue weighted by Crippen LogP contribution is -2.45. The van der Waals surface area contributed by atoms with Crippen LogP contribution in [0.15, 0.2) is 23.3 Å². The zero-order chi connectivity index (χ0) is 18.9. The van der Waals surface area contributed by atoms with Gasteiger partial charge in [-0.25, -0.2) is 9.98 Å². The molecule has 0 aromatic carbocycles. The van der Waals surface area contributed by atoms with E-state index in [0.717, 1.165) is 37.0 Å². The van der Waals surface area contributed by atoms with Gasteiger partial charge in [-0.1, -0.05) is 6.07 Å². The van der Waals surface area contributed by atoms with Crippen LogP contribution in [0.3, 0.4) is 0 Å². The van der Waals surface area contributed by atoms with Gasteiger partial charge in [0.1, 0.15) is 5.82 Å². The quantitative estimate of drug-likeness (QED) is 0.347. The number of guanidine groups is 1. The van der Waals surface area contributed by atoms with Crippen molar-refractivity contribution in [1.82, 2.24) is 15.6 Å². The third-order valence-corrected chi connectivity index (χ3v) is 4.12. The highest BCUT2D eigenvalue weighted by Gasteiger charge is 2.22. The molecule has 1 fully saturated rings. The number of pyridine rings is 1. The number of hydrogen-bond acceptors (Lipinski definition) is 5. The molecule has 7 nitrogen and oxygen atoms in total. The Morgan fingerprint density at radius 2 is 2.07 bits per heavy atom. The number of anilines is 1. The van der Waals surface area contributed by atoms with Gasteiger partial charge in [0.2, 0.25) is 0 Å². The van der Waals surface area contributed by atoms with E-state index in [1.165, 1.54) is 0 Å². The molecule has 0 spiro atoms. The van der Waals surface area contributed by atoms with Gasteiger partial charge in [0, 0.05) is 39.0 Å². The Hall–Kier alpha value is -1.13. The monoisotopic (exact) mass is 491 g/mol. The molecule has 3 unspecified atom stereocenters. The lowest BCUT2D eigenvalue weighted by molar-refractivity contribution is -0.00545. The summed E-state index contributed by atoms with van der Waals surface area (Å²) in [5, 5.41) is 6.59. The maximum atomic E-state index is 5.79. The fourth-order valence-electron chi connectivity index (χ4n) is 3.08. The van der Waals surface area contributed by atoms with Crippen LogP contribution in [0.5, 0.6) is 0 Å². The minimum Gasteiger partial charge on any atom is -0.383 e. The largest absolute Gasteiger partial charge is 0.383 e. The SMILES string of the molecule is CCNC(=NCc1ccc(N2CC(C)OC(C)C2)nc1)NC(C)COC.I. The van der Waals surface area contributed by atoms with Crippen molar-refractivity contribution in [3.8, 4) is 0 Å². The van der Waals surface area contributed by atoms with Gasteiger partial charge in [-0.15, -0.1) is 24.0 Å². The molecule has 1 aliphatic rings. The number of hydrogen-bond donors (Lipinski definition) is 2. The molecule has 2 rings (SSSR count). The Morgan fingerprint density at radius 1 is 1.37 bits per heavy atom. The topological polar surface area (TPSA) is 71.0 Å². The van der Waals surface area contributed by atoms with E-state index < -0.39 is 0 Å². The average Bonchev–Trinajstić information content (AvgIpc) is 2.60. The van der Waals surface area contributed by atoms with Crippen LogP contribution in [0.2, 0.25) is 0 Å². The van der Waals surface area contributed by atoms with Crippen molar-refractivity contribution in [1.29, 1.82) is 0 Å². The fraction of sp³-hybridized carbons (Fsp3) is 0.684. The lowest BCUT2D eigenvalue weighted by Gasteiger charge is -2.36. The average molecular weight is 491 g/mol. The number of methoxy groups -OCH3 is 1. The molecule has 27 heavy (non-hydrogen) atoms. The van der Waals surface area contributed by atoms with Gasteiger partial charge in [0.05, 0.1) is 25.4 Å². The zero-order valence-electron chi connectivity index (χ0n) is 17.1. The summed E-state index contributed by atoms with van der Waals surface area (Å²) in [6.07, 6.45) is 2.37. The van der Waals surface area contributed by atoms with Crippen LogP contribution >= 0.6 is 24.0 Å². The van der Waals surface area contributed by atoms with Crippen molar-refractivity contribution in [3.05, 3.63) is 23.9 Å². The minimum absolute atomic E-state index is 0. The van der Waals surface area contributed by atoms with Crippen LogP contribution in [0.1, 0.15) is 33.3 Å². The van der Waals surface area contributed by atoms with Gasteiger partial charge in [-0.2, -0.15) is 0 Å². The molecule has 1 aliphatic heterocycles. The molecule has 1 aromatic rings. The number of nitrogens with one attached hydrogen (secondary N) is 2. The molecule has 0 bridgehead atoms. The van der Waals surface area contributed by atoms with Crippen LogP contribution in [0.25, 0.3) is 0 Å². The summed E-state index contributed by atoms with van der Waals surface area (Å²) in [5.74, 6) is 1.79. The Bertz CT molecular complexity index is 560. The standard InChI is InChI=1S/C19H33N5O2.HI/c1-6-20-19(23-14(2)13-25-5)22-10-17-7-8-18(21-9-17)24-11-15(3)26-16(4)12-24;/h7-9,14-16H,6,10-13H2,1-5H3,(H2,20,22,23);1H. The van der Waals surface area contributed by atoms with Crippen LogP contribution in [0.4, 0.5) is 5.82 Å². The van der Waals surface area contributed by atoms with Gasteiger partial charge in [-0.3, -0.25) is 0 Å². The molecule has 1 aromatic heterocycles. The van der Waals surface area contributed by atoms with E-state index in [0.29, 0.717) is 13.2 Å². The molecule has 8 heteroatoms. The van der Waals surface area contributed by atoms with Crippen molar-refractivity contribution in [2.75, 3.05) is 38.3 Å². The number of morpholine rings is 1. The van der Waals surface area contributed by atoms with E-state index in [-0.39, 0.29) is 42.2 Å². The van der Waals surface area contributed by atoms with Crippen molar-refractivity contribution in [3.63, 3.8) is 0 Å². The van der Waals surface area contributed by atoms with Crippen molar-refractivity contribution in [2.24, 2.45) is 4.99 Å². The van der Waals surface area contributed by atoms with Gasteiger partial charge in [0.25, 0.3) is 0 Å². The molecule has 3 atom stereocenters. The predicted octanol–water partition coefficient (Wildman–Crippen LogP) is 2.40. The summed E-state index contributed by atoms with van der Waals surface area (Å²) in [6.45, 7) is 12.1. The summed E-state index contributed by atoms with van der Waals surface area (Å²) < 4.78 is 11.0. The molecule has 1 saturated heterocycles. The summed E-state index contributed by atoms with van der Waals surface area (Å²) in [6, 6.07) is 4.37. The van der Waals surface area contributed by atoms with E-state index in [2.05, 4.69) is 65.3 Å². The van der Waals surface area contributed by atoms with Crippen LogP contribution in [-0.2, 0) is 16.0 Å². The van der Waals surface area contributed by atoms with Crippen molar-refractivity contribution >= 4 is 35.8 Å². The lowest BCUT2D eigenvalue weighted by atomic mass is 10.2. The highest BCUT2D eigenvalue weighted by Crippen LogP contribution is 2.18. The summed E-state index contributed by atoms with van der Waals surface area (Å²) in [7, 11) is 1.70. The molecule has 0 amide bonds. The van der Waals surface area contributed by atoms with Crippen LogP contribution in [-0.4, -0.2) is 62.5 Å². The smallest absolute Gasteiger partial charge is 0.191 e. The number of ether oxygens (including phenoxy) is 2. The van der Waals surface area contributed by atoms with Crippen molar-refractivity contribution in [2.45, 2.75) is 52.5 Å². The van der Waals surface area contributed by atoms with Gasteiger partial charge < -0.3 is 25.0 Å². The maximum absolute atomic E-state index is 5.79. The third-order valence-electron chi connectivity index (χ3n) is 4.12. The fourth-order valence-corrected chi connectivity index (χ4v) is 3.08. The Kier molecular flexibility index (Phi) is 10.9. The number of aliphatic imine (C=N–C) groups is 1. The van der Waals surface area contributed by atoms with E-state index >= 15 is 0 Å². The molecule has 0 aliphatic carbocycles. The van der Waals surface area contributed by atoms with Crippen molar-refractivity contribution < 1.29 is 9.47 Å². The molecular formula is C19H34IN5O2. The Labute approximate surface area is 180 Å².